The van der Waals surface area contributed by atoms with Gasteiger partial charge >= 0.3 is 0 Å². The van der Waals surface area contributed by atoms with Crippen LogP contribution in [0.3, 0.4) is 0 Å². The molecule has 0 saturated carbocycles. The maximum Gasteiger partial charge on any atom is 0.212 e. The number of hydrogen-bond acceptors (Lipinski definition) is 4. The van der Waals surface area contributed by atoms with E-state index in [4.69, 9.17) is 0 Å². The number of hydrogen-bond donors (Lipinski definition) is 3. The van der Waals surface area contributed by atoms with Gasteiger partial charge in [0.25, 0.3) is 0 Å². The number of carbonyl (C=O) groups excluding carboxylic acids is 1. The fourth-order valence-corrected chi connectivity index (χ4v) is 3.59. The fourth-order valence-electron chi connectivity index (χ4n) is 3.59. The highest BCUT2D eigenvalue weighted by atomic mass is 16.1. The quantitative estimate of drug-likeness (QED) is 0.341. The van der Waals surface area contributed by atoms with Crippen LogP contribution in [0, 0.1) is 6.92 Å². The SMILES string of the molecule is CN/N=C(\NC=O)C1CCCCN1Cc1cccc2[nH]c(C)cc12. The number of nitrogens with zero attached hydrogens (tertiary/aromatic N) is 2. The van der Waals surface area contributed by atoms with Gasteiger partial charge in [-0.1, -0.05) is 18.6 Å². The summed E-state index contributed by atoms with van der Waals surface area (Å²) >= 11 is 0. The van der Waals surface area contributed by atoms with Crippen LogP contribution in [-0.4, -0.2) is 41.8 Å². The van der Waals surface area contributed by atoms with E-state index in [1.54, 1.807) is 7.05 Å². The summed E-state index contributed by atoms with van der Waals surface area (Å²) in [6, 6.07) is 8.73. The number of aromatic nitrogens is 1. The molecule has 128 valence electrons. The molecule has 0 aliphatic carbocycles. The second-order valence-electron chi connectivity index (χ2n) is 6.30. The average molecular weight is 327 g/mol. The fraction of sp³-hybridized carbons (Fsp3) is 0.444. The number of H-pyrrole nitrogens is 1. The molecule has 0 bridgehead atoms. The summed E-state index contributed by atoms with van der Waals surface area (Å²) in [6.07, 6.45) is 4.03. The Morgan fingerprint density at radius 2 is 2.33 bits per heavy atom. The molecule has 3 rings (SSSR count). The predicted molar refractivity (Wildman–Crippen MR) is 96.8 cm³/mol. The zero-order chi connectivity index (χ0) is 16.9. The first-order valence-corrected chi connectivity index (χ1v) is 8.48. The van der Waals surface area contributed by atoms with E-state index in [0.717, 1.165) is 25.9 Å². The third-order valence-corrected chi connectivity index (χ3v) is 4.63. The summed E-state index contributed by atoms with van der Waals surface area (Å²) in [4.78, 5) is 16.7. The smallest absolute Gasteiger partial charge is 0.212 e. The second kappa shape index (κ2) is 7.49. The van der Waals surface area contributed by atoms with Gasteiger partial charge in [-0.05, 0) is 44.0 Å². The van der Waals surface area contributed by atoms with Crippen molar-refractivity contribution in [2.45, 2.75) is 38.8 Å². The third kappa shape index (κ3) is 3.43. The molecule has 1 aromatic carbocycles. The molecule has 2 aromatic rings. The largest absolute Gasteiger partial charge is 0.359 e. The van der Waals surface area contributed by atoms with E-state index in [1.165, 1.54) is 28.6 Å². The first-order chi connectivity index (χ1) is 11.7. The van der Waals surface area contributed by atoms with Crippen molar-refractivity contribution in [3.63, 3.8) is 0 Å². The van der Waals surface area contributed by atoms with Gasteiger partial charge in [0.05, 0.1) is 6.04 Å². The Kier molecular flexibility index (Phi) is 5.15. The zero-order valence-electron chi connectivity index (χ0n) is 14.3. The summed E-state index contributed by atoms with van der Waals surface area (Å²) in [6.45, 7) is 3.94. The highest BCUT2D eigenvalue weighted by Gasteiger charge is 2.27. The second-order valence-corrected chi connectivity index (χ2v) is 6.30. The van der Waals surface area contributed by atoms with E-state index < -0.39 is 0 Å². The molecule has 24 heavy (non-hydrogen) atoms. The van der Waals surface area contributed by atoms with Crippen LogP contribution in [0.25, 0.3) is 10.9 Å². The topological polar surface area (TPSA) is 72.5 Å². The molecule has 1 aliphatic heterocycles. The van der Waals surface area contributed by atoms with Gasteiger partial charge in [-0.25, -0.2) is 0 Å². The van der Waals surface area contributed by atoms with Gasteiger partial charge in [-0.3, -0.25) is 9.69 Å². The Hall–Kier alpha value is -2.34. The Balaban J connectivity index is 1.87. The number of rotatable bonds is 5. The molecule has 1 aliphatic rings. The van der Waals surface area contributed by atoms with Crippen LogP contribution in [0.15, 0.2) is 29.4 Å². The molecule has 1 fully saturated rings. The maximum absolute atomic E-state index is 10.9. The summed E-state index contributed by atoms with van der Waals surface area (Å²) < 4.78 is 0. The number of likely N-dealkylation sites (tertiary alicyclic amines) is 1. The molecular weight excluding hydrogens is 302 g/mol. The minimum atomic E-state index is 0.131. The lowest BCUT2D eigenvalue weighted by Crippen LogP contribution is -2.49. The van der Waals surface area contributed by atoms with Gasteiger partial charge in [0.1, 0.15) is 5.84 Å². The molecule has 1 atom stereocenters. The number of piperidine rings is 1. The van der Waals surface area contributed by atoms with Crippen molar-refractivity contribution in [1.29, 1.82) is 0 Å². The molecule has 1 aromatic heterocycles. The van der Waals surface area contributed by atoms with Crippen molar-refractivity contribution in [3.8, 4) is 0 Å². The van der Waals surface area contributed by atoms with E-state index in [1.807, 2.05) is 0 Å². The number of amides is 1. The zero-order valence-corrected chi connectivity index (χ0v) is 14.3. The number of benzene rings is 1. The van der Waals surface area contributed by atoms with Crippen molar-refractivity contribution >= 4 is 23.1 Å². The lowest BCUT2D eigenvalue weighted by molar-refractivity contribution is -0.108. The van der Waals surface area contributed by atoms with E-state index in [-0.39, 0.29) is 6.04 Å². The molecule has 6 heteroatoms. The van der Waals surface area contributed by atoms with Crippen LogP contribution in [0.4, 0.5) is 0 Å². The van der Waals surface area contributed by atoms with Gasteiger partial charge in [0.2, 0.25) is 6.41 Å². The Morgan fingerprint density at radius 1 is 1.46 bits per heavy atom. The number of hydrazone groups is 1. The Bertz CT molecular complexity index is 736. The van der Waals surface area contributed by atoms with Crippen LogP contribution < -0.4 is 10.7 Å². The molecule has 3 N–H and O–H groups in total. The molecule has 2 heterocycles. The predicted octanol–water partition coefficient (Wildman–Crippen LogP) is 2.11. The number of aryl methyl sites for hydroxylation is 1. The standard InChI is InChI=1S/C18H25N5O/c1-13-10-15-14(6-5-7-16(15)21-13)11-23-9-4-3-8-17(23)18(20-12-24)22-19-2/h5-7,10,12,17,19,21H,3-4,8-9,11H2,1-2H3,(H,20,22,24). The van der Waals surface area contributed by atoms with Crippen molar-refractivity contribution in [3.05, 3.63) is 35.5 Å². The first kappa shape index (κ1) is 16.5. The maximum atomic E-state index is 10.9. The molecular formula is C18H25N5O. The van der Waals surface area contributed by atoms with Gasteiger partial charge in [-0.15, -0.1) is 0 Å². The summed E-state index contributed by atoms with van der Waals surface area (Å²) in [7, 11) is 1.75. The van der Waals surface area contributed by atoms with Crippen molar-refractivity contribution in [2.75, 3.05) is 13.6 Å². The number of amidine groups is 1. The molecule has 6 nitrogen and oxygen atoms in total. The Labute approximate surface area is 142 Å². The highest BCUT2D eigenvalue weighted by Crippen LogP contribution is 2.25. The lowest BCUT2D eigenvalue weighted by Gasteiger charge is -2.36. The number of aromatic amines is 1. The van der Waals surface area contributed by atoms with Gasteiger partial charge in [-0.2, -0.15) is 5.10 Å². The van der Waals surface area contributed by atoms with E-state index in [2.05, 4.69) is 56.9 Å². The number of fused-ring (bicyclic) bond motifs is 1. The molecule has 1 saturated heterocycles. The van der Waals surface area contributed by atoms with Crippen molar-refractivity contribution in [2.24, 2.45) is 5.10 Å². The first-order valence-electron chi connectivity index (χ1n) is 8.48. The molecule has 0 spiro atoms. The van der Waals surface area contributed by atoms with E-state index in [0.29, 0.717) is 12.2 Å². The van der Waals surface area contributed by atoms with Crippen LogP contribution in [0.5, 0.6) is 0 Å². The lowest BCUT2D eigenvalue weighted by atomic mass is 9.99. The molecule has 1 amide bonds. The van der Waals surface area contributed by atoms with Crippen molar-refractivity contribution < 1.29 is 4.79 Å². The summed E-state index contributed by atoms with van der Waals surface area (Å²) in [5.74, 6) is 0.699. The van der Waals surface area contributed by atoms with Gasteiger partial charge < -0.3 is 15.7 Å². The Morgan fingerprint density at radius 3 is 3.12 bits per heavy atom. The minimum Gasteiger partial charge on any atom is -0.359 e. The van der Waals surface area contributed by atoms with E-state index in [9.17, 15) is 4.79 Å². The van der Waals surface area contributed by atoms with Crippen LogP contribution in [0.1, 0.15) is 30.5 Å². The summed E-state index contributed by atoms with van der Waals surface area (Å²) in [5.41, 5.74) is 6.46. The minimum absolute atomic E-state index is 0.131. The van der Waals surface area contributed by atoms with Crippen LogP contribution in [-0.2, 0) is 11.3 Å². The van der Waals surface area contributed by atoms with E-state index >= 15 is 0 Å². The van der Waals surface area contributed by atoms with Crippen LogP contribution in [0.2, 0.25) is 0 Å². The summed E-state index contributed by atoms with van der Waals surface area (Å²) in [5, 5.41) is 8.31. The molecule has 1 unspecified atom stereocenters. The monoisotopic (exact) mass is 327 g/mol. The van der Waals surface area contributed by atoms with Crippen LogP contribution >= 0.6 is 0 Å². The van der Waals surface area contributed by atoms with Gasteiger partial charge in [0, 0.05) is 30.2 Å². The molecule has 0 radical (unpaired) electrons. The number of carbonyl (C=O) groups is 1. The van der Waals surface area contributed by atoms with Crippen molar-refractivity contribution in [1.82, 2.24) is 20.6 Å². The average Bonchev–Trinajstić information content (AvgIpc) is 2.97. The number of nitrogens with one attached hydrogen (secondary N) is 3. The normalized spacial score (nSPS) is 19.4. The highest BCUT2D eigenvalue weighted by molar-refractivity contribution is 5.94. The third-order valence-electron chi connectivity index (χ3n) is 4.63. The van der Waals surface area contributed by atoms with Gasteiger partial charge in [0.15, 0.2) is 0 Å².